The lowest BCUT2D eigenvalue weighted by molar-refractivity contribution is 0.555. The Kier molecular flexibility index (Phi) is 5.53. The van der Waals surface area contributed by atoms with Gasteiger partial charge in [0, 0.05) is 35.5 Å². The van der Waals surface area contributed by atoms with E-state index in [9.17, 15) is 0 Å². The van der Waals surface area contributed by atoms with Crippen LogP contribution in [-0.4, -0.2) is 33.4 Å². The Hall–Kier alpha value is -0.480. The van der Waals surface area contributed by atoms with Crippen LogP contribution >= 0.6 is 11.8 Å². The van der Waals surface area contributed by atoms with Crippen LogP contribution in [-0.2, 0) is 13.5 Å². The van der Waals surface area contributed by atoms with Crippen molar-refractivity contribution < 1.29 is 0 Å². The van der Waals surface area contributed by atoms with Crippen molar-refractivity contribution >= 4 is 11.8 Å². The van der Waals surface area contributed by atoms with Gasteiger partial charge >= 0.3 is 0 Å². The minimum atomic E-state index is 0.349. The predicted molar refractivity (Wildman–Crippen MR) is 76.6 cm³/mol. The molecule has 0 aromatic carbocycles. The quantitative estimate of drug-likeness (QED) is 0.847. The van der Waals surface area contributed by atoms with Crippen molar-refractivity contribution in [3.63, 3.8) is 0 Å². The van der Waals surface area contributed by atoms with Gasteiger partial charge in [0.1, 0.15) is 0 Å². The molecule has 1 atom stereocenters. The number of nitrogens with one attached hydrogen (secondary N) is 1. The number of aryl methyl sites for hydroxylation is 2. The van der Waals surface area contributed by atoms with Crippen LogP contribution in [0.25, 0.3) is 0 Å². The fraction of sp³-hybridized carbons (Fsp3) is 0.769. The zero-order valence-corrected chi connectivity index (χ0v) is 12.5. The molecule has 4 heteroatoms. The van der Waals surface area contributed by atoms with E-state index in [2.05, 4.69) is 44.3 Å². The van der Waals surface area contributed by atoms with Gasteiger partial charge in [-0.05, 0) is 26.0 Å². The summed E-state index contributed by atoms with van der Waals surface area (Å²) in [6.07, 6.45) is 4.12. The maximum absolute atomic E-state index is 4.20. The Bertz CT molecular complexity index is 328. The van der Waals surface area contributed by atoms with Crippen molar-refractivity contribution in [1.82, 2.24) is 15.1 Å². The highest BCUT2D eigenvalue weighted by Gasteiger charge is 2.15. The first-order chi connectivity index (χ1) is 7.92. The molecule has 0 spiro atoms. The van der Waals surface area contributed by atoms with E-state index in [-0.39, 0.29) is 0 Å². The Morgan fingerprint density at radius 1 is 1.47 bits per heavy atom. The summed E-state index contributed by atoms with van der Waals surface area (Å²) in [5.74, 6) is 1.16. The van der Waals surface area contributed by atoms with Crippen LogP contribution in [0.2, 0.25) is 0 Å². The molecular weight excluding hydrogens is 230 g/mol. The third kappa shape index (κ3) is 5.59. The molecule has 1 heterocycles. The first-order valence-corrected chi connectivity index (χ1v) is 7.19. The van der Waals surface area contributed by atoms with E-state index >= 15 is 0 Å². The third-order valence-corrected chi connectivity index (χ3v) is 4.23. The maximum Gasteiger partial charge on any atom is 0.0492 e. The van der Waals surface area contributed by atoms with Gasteiger partial charge in [-0.15, -0.1) is 0 Å². The van der Waals surface area contributed by atoms with E-state index in [1.54, 1.807) is 0 Å². The lowest BCUT2D eigenvalue weighted by atomic mass is 10.1. The van der Waals surface area contributed by atoms with Crippen LogP contribution in [0, 0.1) is 0 Å². The first kappa shape index (κ1) is 14.6. The van der Waals surface area contributed by atoms with Crippen molar-refractivity contribution in [3.8, 4) is 0 Å². The summed E-state index contributed by atoms with van der Waals surface area (Å²) in [7, 11) is 4.06. The van der Waals surface area contributed by atoms with Gasteiger partial charge in [0.15, 0.2) is 0 Å². The van der Waals surface area contributed by atoms with Crippen molar-refractivity contribution in [1.29, 1.82) is 0 Å². The third-order valence-electron chi connectivity index (χ3n) is 2.80. The number of hydrogen-bond donors (Lipinski definition) is 1. The van der Waals surface area contributed by atoms with Crippen molar-refractivity contribution in [3.05, 3.63) is 18.0 Å². The topological polar surface area (TPSA) is 29.9 Å². The van der Waals surface area contributed by atoms with Crippen LogP contribution < -0.4 is 5.32 Å². The SMILES string of the molecule is CNC(CCc1ccnn1C)CSC(C)(C)C. The van der Waals surface area contributed by atoms with Gasteiger partial charge < -0.3 is 5.32 Å². The molecule has 1 rings (SSSR count). The monoisotopic (exact) mass is 255 g/mol. The Morgan fingerprint density at radius 3 is 2.65 bits per heavy atom. The minimum Gasteiger partial charge on any atom is -0.316 e. The number of thioether (sulfide) groups is 1. The Labute approximate surface area is 109 Å². The number of rotatable bonds is 6. The Balaban J connectivity index is 2.35. The molecule has 0 radical (unpaired) electrons. The molecule has 0 saturated heterocycles. The standard InChI is InChI=1S/C13H25N3S/c1-13(2,3)17-10-11(14-4)6-7-12-8-9-15-16(12)5/h8-9,11,14H,6-7,10H2,1-5H3. The van der Waals surface area contributed by atoms with Gasteiger partial charge in [0.05, 0.1) is 0 Å². The second-order valence-electron chi connectivity index (χ2n) is 5.39. The first-order valence-electron chi connectivity index (χ1n) is 6.20. The fourth-order valence-electron chi connectivity index (χ4n) is 1.63. The number of aromatic nitrogens is 2. The van der Waals surface area contributed by atoms with Gasteiger partial charge in [-0.3, -0.25) is 4.68 Å². The van der Waals surface area contributed by atoms with Crippen LogP contribution in [0.15, 0.2) is 12.3 Å². The highest BCUT2D eigenvalue weighted by Crippen LogP contribution is 2.24. The lowest BCUT2D eigenvalue weighted by Gasteiger charge is -2.22. The Morgan fingerprint density at radius 2 is 2.18 bits per heavy atom. The summed E-state index contributed by atoms with van der Waals surface area (Å²) >= 11 is 2.02. The molecule has 1 N–H and O–H groups in total. The molecule has 1 aromatic rings. The van der Waals surface area contributed by atoms with Gasteiger partial charge in [-0.25, -0.2) is 0 Å². The van der Waals surface area contributed by atoms with Gasteiger partial charge in [-0.2, -0.15) is 16.9 Å². The highest BCUT2D eigenvalue weighted by molar-refractivity contribution is 8.00. The van der Waals surface area contributed by atoms with Crippen molar-refractivity contribution in [2.24, 2.45) is 7.05 Å². The summed E-state index contributed by atoms with van der Waals surface area (Å²) in [6, 6.07) is 2.68. The average molecular weight is 255 g/mol. The molecule has 0 saturated carbocycles. The van der Waals surface area contributed by atoms with Gasteiger partial charge in [-0.1, -0.05) is 20.8 Å². The molecule has 0 amide bonds. The molecule has 0 aliphatic rings. The van der Waals surface area contributed by atoms with Crippen LogP contribution in [0.5, 0.6) is 0 Å². The fourth-order valence-corrected chi connectivity index (χ4v) is 2.66. The molecule has 0 aliphatic heterocycles. The second kappa shape index (κ2) is 6.45. The summed E-state index contributed by atoms with van der Waals surface area (Å²) in [6.45, 7) is 6.81. The molecule has 98 valence electrons. The normalized spacial score (nSPS) is 13.9. The van der Waals surface area contributed by atoms with Gasteiger partial charge in [0.25, 0.3) is 0 Å². The molecule has 0 fully saturated rings. The smallest absolute Gasteiger partial charge is 0.0492 e. The van der Waals surface area contributed by atoms with Crippen molar-refractivity contribution in [2.75, 3.05) is 12.8 Å². The average Bonchev–Trinajstić information content (AvgIpc) is 2.63. The predicted octanol–water partition coefficient (Wildman–Crippen LogP) is 2.47. The molecule has 17 heavy (non-hydrogen) atoms. The zero-order chi connectivity index (χ0) is 12.9. The van der Waals surface area contributed by atoms with E-state index in [1.165, 1.54) is 12.1 Å². The summed E-state index contributed by atoms with van der Waals surface area (Å²) in [5.41, 5.74) is 1.31. The molecule has 0 aliphatic carbocycles. The number of nitrogens with zero attached hydrogens (tertiary/aromatic N) is 2. The molecule has 0 bridgehead atoms. The molecule has 1 aromatic heterocycles. The van der Waals surface area contributed by atoms with E-state index < -0.39 is 0 Å². The van der Waals surface area contributed by atoms with Gasteiger partial charge in [0.2, 0.25) is 0 Å². The van der Waals surface area contributed by atoms with E-state index in [0.29, 0.717) is 10.8 Å². The molecular formula is C13H25N3S. The van der Waals surface area contributed by atoms with Crippen molar-refractivity contribution in [2.45, 2.75) is 44.4 Å². The molecule has 3 nitrogen and oxygen atoms in total. The van der Waals surface area contributed by atoms with E-state index in [0.717, 1.165) is 12.2 Å². The maximum atomic E-state index is 4.20. The molecule has 1 unspecified atom stereocenters. The number of hydrogen-bond acceptors (Lipinski definition) is 3. The summed E-state index contributed by atoms with van der Waals surface area (Å²) in [4.78, 5) is 0. The zero-order valence-electron chi connectivity index (χ0n) is 11.7. The minimum absolute atomic E-state index is 0.349. The highest BCUT2D eigenvalue weighted by atomic mass is 32.2. The lowest BCUT2D eigenvalue weighted by Crippen LogP contribution is -2.30. The van der Waals surface area contributed by atoms with E-state index in [1.807, 2.05) is 29.7 Å². The van der Waals surface area contributed by atoms with Crippen LogP contribution in [0.1, 0.15) is 32.9 Å². The summed E-state index contributed by atoms with van der Waals surface area (Å²) in [5, 5.41) is 7.60. The second-order valence-corrected chi connectivity index (χ2v) is 7.24. The van der Waals surface area contributed by atoms with E-state index in [4.69, 9.17) is 0 Å². The summed E-state index contributed by atoms with van der Waals surface area (Å²) < 4.78 is 2.31. The largest absolute Gasteiger partial charge is 0.316 e. The van der Waals surface area contributed by atoms with Crippen LogP contribution in [0.3, 0.4) is 0 Å². The van der Waals surface area contributed by atoms with Crippen LogP contribution in [0.4, 0.5) is 0 Å².